The number of nitrogens with zero attached hydrogens (tertiary/aromatic N) is 2. The number of hydrogen-bond acceptors (Lipinski definition) is 3. The average Bonchev–Trinajstić information content (AvgIpc) is 2.87. The summed E-state index contributed by atoms with van der Waals surface area (Å²) in [6, 6.07) is 4.13. The lowest BCUT2D eigenvalue weighted by Gasteiger charge is -2.26. The van der Waals surface area contributed by atoms with Gasteiger partial charge in [-0.15, -0.1) is 0 Å². The van der Waals surface area contributed by atoms with Crippen LogP contribution in [-0.4, -0.2) is 18.1 Å². The molecule has 3 nitrogen and oxygen atoms in total. The van der Waals surface area contributed by atoms with Gasteiger partial charge in [0, 0.05) is 18.7 Å². The molecule has 1 aliphatic carbocycles. The largest absolute Gasteiger partial charge is 0.316 e. The Labute approximate surface area is 115 Å². The van der Waals surface area contributed by atoms with E-state index >= 15 is 0 Å². The van der Waals surface area contributed by atoms with Gasteiger partial charge in [0.25, 0.3) is 0 Å². The quantitative estimate of drug-likeness (QED) is 0.812. The SMILES string of the molecule is N#Cc1cc(C2=CCCC3CNCC23)cnc1Br. The second-order valence-electron chi connectivity index (χ2n) is 4.94. The maximum Gasteiger partial charge on any atom is 0.123 e. The zero-order valence-electron chi connectivity index (χ0n) is 9.99. The third-order valence-electron chi connectivity index (χ3n) is 3.93. The van der Waals surface area contributed by atoms with Gasteiger partial charge in [-0.3, -0.25) is 0 Å². The summed E-state index contributed by atoms with van der Waals surface area (Å²) in [6.07, 6.45) is 6.60. The summed E-state index contributed by atoms with van der Waals surface area (Å²) in [4.78, 5) is 4.27. The Balaban J connectivity index is 1.99. The second-order valence-corrected chi connectivity index (χ2v) is 5.69. The molecule has 18 heavy (non-hydrogen) atoms. The maximum atomic E-state index is 9.08. The first-order valence-corrected chi connectivity index (χ1v) is 7.05. The van der Waals surface area contributed by atoms with Crippen LogP contribution in [0.3, 0.4) is 0 Å². The van der Waals surface area contributed by atoms with Crippen molar-refractivity contribution in [2.75, 3.05) is 13.1 Å². The van der Waals surface area contributed by atoms with E-state index in [2.05, 4.69) is 38.4 Å². The molecule has 1 saturated heterocycles. The molecule has 3 rings (SSSR count). The number of aromatic nitrogens is 1. The van der Waals surface area contributed by atoms with Gasteiger partial charge in [0.15, 0.2) is 0 Å². The van der Waals surface area contributed by atoms with Crippen molar-refractivity contribution in [3.8, 4) is 6.07 Å². The molecular weight excluding hydrogens is 290 g/mol. The van der Waals surface area contributed by atoms with Crippen LogP contribution in [0.1, 0.15) is 24.0 Å². The minimum Gasteiger partial charge on any atom is -0.316 e. The second kappa shape index (κ2) is 4.83. The summed E-state index contributed by atoms with van der Waals surface area (Å²) in [5.41, 5.74) is 3.09. The van der Waals surface area contributed by atoms with E-state index in [1.807, 2.05) is 12.3 Å². The molecule has 1 aliphatic heterocycles. The van der Waals surface area contributed by atoms with Gasteiger partial charge in [-0.05, 0) is 58.4 Å². The monoisotopic (exact) mass is 303 g/mol. The fourth-order valence-corrected chi connectivity index (χ4v) is 3.33. The molecule has 92 valence electrons. The van der Waals surface area contributed by atoms with Gasteiger partial charge in [0.05, 0.1) is 5.56 Å². The van der Waals surface area contributed by atoms with Crippen LogP contribution in [0, 0.1) is 23.2 Å². The van der Waals surface area contributed by atoms with Crippen LogP contribution in [0.2, 0.25) is 0 Å². The number of nitriles is 1. The molecule has 1 N–H and O–H groups in total. The van der Waals surface area contributed by atoms with Gasteiger partial charge in [0.1, 0.15) is 10.7 Å². The van der Waals surface area contributed by atoms with Crippen LogP contribution < -0.4 is 5.32 Å². The maximum absolute atomic E-state index is 9.08. The van der Waals surface area contributed by atoms with Crippen LogP contribution in [-0.2, 0) is 0 Å². The Morgan fingerprint density at radius 2 is 2.33 bits per heavy atom. The first-order valence-electron chi connectivity index (χ1n) is 6.26. The highest BCUT2D eigenvalue weighted by Gasteiger charge is 2.32. The van der Waals surface area contributed by atoms with E-state index in [-0.39, 0.29) is 0 Å². The van der Waals surface area contributed by atoms with Gasteiger partial charge < -0.3 is 5.32 Å². The summed E-state index contributed by atoms with van der Waals surface area (Å²) in [5, 5.41) is 12.5. The highest BCUT2D eigenvalue weighted by molar-refractivity contribution is 9.10. The van der Waals surface area contributed by atoms with E-state index in [9.17, 15) is 0 Å². The third-order valence-corrected chi connectivity index (χ3v) is 4.57. The Kier molecular flexibility index (Phi) is 3.19. The normalized spacial score (nSPS) is 26.3. The molecule has 0 spiro atoms. The molecule has 0 bridgehead atoms. The summed E-state index contributed by atoms with van der Waals surface area (Å²) < 4.78 is 0.631. The van der Waals surface area contributed by atoms with E-state index in [1.54, 1.807) is 0 Å². The minimum atomic E-state index is 0.591. The molecule has 2 atom stereocenters. The summed E-state index contributed by atoms with van der Waals surface area (Å²) in [7, 11) is 0. The van der Waals surface area contributed by atoms with E-state index in [0.717, 1.165) is 31.0 Å². The van der Waals surface area contributed by atoms with Crippen molar-refractivity contribution in [2.24, 2.45) is 11.8 Å². The molecule has 2 aliphatic rings. The molecule has 2 unspecified atom stereocenters. The molecule has 1 aromatic heterocycles. The Morgan fingerprint density at radius 3 is 3.17 bits per heavy atom. The topological polar surface area (TPSA) is 48.7 Å². The van der Waals surface area contributed by atoms with Gasteiger partial charge in [-0.2, -0.15) is 5.26 Å². The number of allylic oxidation sites excluding steroid dienone is 1. The highest BCUT2D eigenvalue weighted by atomic mass is 79.9. The van der Waals surface area contributed by atoms with Crippen molar-refractivity contribution in [1.29, 1.82) is 5.26 Å². The number of rotatable bonds is 1. The molecule has 0 amide bonds. The molecule has 2 heterocycles. The lowest BCUT2D eigenvalue weighted by molar-refractivity contribution is 0.454. The first-order chi connectivity index (χ1) is 8.79. The van der Waals surface area contributed by atoms with Gasteiger partial charge in [0.2, 0.25) is 0 Å². The fourth-order valence-electron chi connectivity index (χ4n) is 3.02. The van der Waals surface area contributed by atoms with Crippen LogP contribution in [0.4, 0.5) is 0 Å². The molecular formula is C14H14BrN3. The van der Waals surface area contributed by atoms with E-state index in [4.69, 9.17) is 5.26 Å². The predicted octanol–water partition coefficient (Wildman–Crippen LogP) is 2.73. The fraction of sp³-hybridized carbons (Fsp3) is 0.429. The highest BCUT2D eigenvalue weighted by Crippen LogP contribution is 2.38. The number of fused-ring (bicyclic) bond motifs is 1. The number of nitrogens with one attached hydrogen (secondary N) is 1. The van der Waals surface area contributed by atoms with Crippen LogP contribution >= 0.6 is 15.9 Å². The number of pyridine rings is 1. The standard InChI is InChI=1S/C14H14BrN3/c15-14-10(5-16)4-11(7-18-14)12-3-1-2-9-6-17-8-13(9)12/h3-4,7,9,13,17H,1-2,6,8H2. The van der Waals surface area contributed by atoms with Gasteiger partial charge in [-0.25, -0.2) is 4.98 Å². The lowest BCUT2D eigenvalue weighted by atomic mass is 9.78. The smallest absolute Gasteiger partial charge is 0.123 e. The van der Waals surface area contributed by atoms with Crippen molar-refractivity contribution in [3.05, 3.63) is 34.1 Å². The zero-order valence-corrected chi connectivity index (χ0v) is 11.6. The Hall–Kier alpha value is -1.18. The van der Waals surface area contributed by atoms with E-state index in [0.29, 0.717) is 16.1 Å². The number of hydrogen-bond donors (Lipinski definition) is 1. The zero-order chi connectivity index (χ0) is 12.5. The molecule has 0 aromatic carbocycles. The minimum absolute atomic E-state index is 0.591. The summed E-state index contributed by atoms with van der Waals surface area (Å²) >= 11 is 3.31. The van der Waals surface area contributed by atoms with Crippen molar-refractivity contribution >= 4 is 21.5 Å². The Morgan fingerprint density at radius 1 is 1.44 bits per heavy atom. The summed E-state index contributed by atoms with van der Waals surface area (Å²) in [5.74, 6) is 1.34. The average molecular weight is 304 g/mol. The van der Waals surface area contributed by atoms with Crippen LogP contribution in [0.25, 0.3) is 5.57 Å². The number of halogens is 1. The Bertz CT molecular complexity index is 544. The van der Waals surface area contributed by atoms with Crippen molar-refractivity contribution in [3.63, 3.8) is 0 Å². The summed E-state index contributed by atoms with van der Waals surface area (Å²) in [6.45, 7) is 2.17. The van der Waals surface area contributed by atoms with Crippen LogP contribution in [0.5, 0.6) is 0 Å². The van der Waals surface area contributed by atoms with Crippen LogP contribution in [0.15, 0.2) is 22.9 Å². The van der Waals surface area contributed by atoms with Gasteiger partial charge in [-0.1, -0.05) is 6.08 Å². The molecule has 0 saturated carbocycles. The van der Waals surface area contributed by atoms with Gasteiger partial charge >= 0.3 is 0 Å². The van der Waals surface area contributed by atoms with Crippen molar-refractivity contribution in [1.82, 2.24) is 10.3 Å². The predicted molar refractivity (Wildman–Crippen MR) is 73.7 cm³/mol. The molecule has 1 aromatic rings. The molecule has 0 radical (unpaired) electrons. The third kappa shape index (κ3) is 1.98. The first kappa shape index (κ1) is 11.9. The van der Waals surface area contributed by atoms with E-state index < -0.39 is 0 Å². The molecule has 4 heteroatoms. The van der Waals surface area contributed by atoms with E-state index in [1.165, 1.54) is 12.0 Å². The molecule has 1 fully saturated rings. The lowest BCUT2D eigenvalue weighted by Crippen LogP contribution is -2.18. The van der Waals surface area contributed by atoms with Crippen molar-refractivity contribution < 1.29 is 0 Å². The van der Waals surface area contributed by atoms with Crippen molar-refractivity contribution in [2.45, 2.75) is 12.8 Å².